The van der Waals surface area contributed by atoms with Crippen LogP contribution in [0.4, 0.5) is 33.7 Å². The van der Waals surface area contributed by atoms with Gasteiger partial charge in [0.2, 0.25) is 15.6 Å². The minimum atomic E-state index is -4.86. The minimum absolute atomic E-state index is 0.0451. The van der Waals surface area contributed by atoms with Crippen molar-refractivity contribution in [1.29, 1.82) is 0 Å². The average molecular weight is 658 g/mol. The molecule has 1 aliphatic carbocycles. The third-order valence-electron chi connectivity index (χ3n) is 6.76. The molecule has 2 aromatic rings. The predicted molar refractivity (Wildman–Crippen MR) is 146 cm³/mol. The highest BCUT2D eigenvalue weighted by Gasteiger charge is 2.51. The van der Waals surface area contributed by atoms with Crippen molar-refractivity contribution in [2.45, 2.75) is 74.1 Å². The molecule has 0 spiro atoms. The molecule has 2 aliphatic rings. The van der Waals surface area contributed by atoms with Gasteiger partial charge < -0.3 is 9.47 Å². The number of benzene rings is 2. The Bertz CT molecular complexity index is 1610. The number of carbonyl (C=O) groups is 1. The van der Waals surface area contributed by atoms with Crippen LogP contribution < -0.4 is 19.1 Å². The van der Waals surface area contributed by atoms with Gasteiger partial charge in [0.15, 0.2) is 0 Å². The third kappa shape index (κ3) is 6.55. The summed E-state index contributed by atoms with van der Waals surface area (Å²) < 4.78 is 120. The van der Waals surface area contributed by atoms with Gasteiger partial charge >= 0.3 is 12.3 Å². The van der Waals surface area contributed by atoms with Gasteiger partial charge in [0.05, 0.1) is 32.9 Å². The molecule has 10 nitrogen and oxygen atoms in total. The zero-order valence-corrected chi connectivity index (χ0v) is 25.1. The second-order valence-electron chi connectivity index (χ2n) is 11.0. The summed E-state index contributed by atoms with van der Waals surface area (Å²) in [6.45, 7) is 3.93. The maximum absolute atomic E-state index is 13.8. The van der Waals surface area contributed by atoms with E-state index in [0.717, 1.165) is 28.6 Å². The van der Waals surface area contributed by atoms with Crippen LogP contribution in [-0.2, 0) is 24.8 Å². The fourth-order valence-corrected chi connectivity index (χ4v) is 7.55. The molecule has 1 saturated carbocycles. The van der Waals surface area contributed by atoms with Crippen LogP contribution in [0.15, 0.2) is 41.3 Å². The number of rotatable bonds is 8. The van der Waals surface area contributed by atoms with E-state index in [9.17, 15) is 39.2 Å². The van der Waals surface area contributed by atoms with Gasteiger partial charge in [0.25, 0.3) is 10.0 Å². The molecule has 4 rings (SSSR count). The monoisotopic (exact) mass is 657 g/mol. The number of anilines is 2. The lowest BCUT2D eigenvalue weighted by Crippen LogP contribution is -2.60. The van der Waals surface area contributed by atoms with Gasteiger partial charge in [-0.15, -0.1) is 0 Å². The molecule has 1 heterocycles. The number of hydrogen-bond donors (Lipinski definition) is 2. The average Bonchev–Trinajstić information content (AvgIpc) is 3.69. The molecule has 1 atom stereocenters. The van der Waals surface area contributed by atoms with Crippen molar-refractivity contribution in [3.63, 3.8) is 0 Å². The number of alkyl halides is 3. The molecule has 17 heteroatoms. The molecule has 0 aromatic heterocycles. The van der Waals surface area contributed by atoms with Crippen LogP contribution in [0.3, 0.4) is 0 Å². The Labute approximate surface area is 245 Å². The molecular formula is C25H28ClF4N3O7S2. The molecule has 2 N–H and O–H groups in total. The fourth-order valence-electron chi connectivity index (χ4n) is 4.02. The number of carbonyl (C=O) groups excluding carboxylic acids is 1. The van der Waals surface area contributed by atoms with Crippen molar-refractivity contribution in [3.05, 3.63) is 47.2 Å². The van der Waals surface area contributed by atoms with E-state index in [2.05, 4.69) is 14.8 Å². The first-order chi connectivity index (χ1) is 19.1. The SMILES string of the molecule is CC(C)(NS(=O)(=O)C1CC1)[C@H]1CN(S(=O)(=O)c2ccc(F)c(Cl)c2)c2cc(NC(=O)OC(C)(C)C(F)(F)F)ccc2O1. The molecule has 0 radical (unpaired) electrons. The van der Waals surface area contributed by atoms with Crippen molar-refractivity contribution in [2.24, 2.45) is 0 Å². The highest BCUT2D eigenvalue weighted by molar-refractivity contribution is 7.92. The van der Waals surface area contributed by atoms with Gasteiger partial charge in [-0.2, -0.15) is 13.2 Å². The van der Waals surface area contributed by atoms with Crippen LogP contribution >= 0.6 is 11.6 Å². The summed E-state index contributed by atoms with van der Waals surface area (Å²) in [6.07, 6.45) is -6.42. The standard InChI is InChI=1S/C25H28ClF4N3O7S2/c1-23(2,32-41(35,36)15-6-7-15)21-13-33(42(37,38)16-8-9-18(27)17(26)12-16)19-11-14(5-10-20(19)39-21)31-22(34)40-24(3,4)25(28,29)30/h5,8-12,15,21,32H,6-7,13H2,1-4H3,(H,31,34)/t21-/m1/s1. The summed E-state index contributed by atoms with van der Waals surface area (Å²) in [5, 5.41) is 1.11. The van der Waals surface area contributed by atoms with E-state index in [1.165, 1.54) is 26.0 Å². The first-order valence-electron chi connectivity index (χ1n) is 12.5. The van der Waals surface area contributed by atoms with Crippen molar-refractivity contribution in [1.82, 2.24) is 4.72 Å². The van der Waals surface area contributed by atoms with E-state index in [1.54, 1.807) is 0 Å². The highest BCUT2D eigenvalue weighted by Crippen LogP contribution is 2.42. The quantitative estimate of drug-likeness (QED) is 0.374. The lowest BCUT2D eigenvalue weighted by Gasteiger charge is -2.42. The summed E-state index contributed by atoms with van der Waals surface area (Å²) in [4.78, 5) is 11.9. The lowest BCUT2D eigenvalue weighted by molar-refractivity contribution is -0.242. The van der Waals surface area contributed by atoms with Gasteiger partial charge in [-0.25, -0.2) is 30.7 Å². The largest absolute Gasteiger partial charge is 0.484 e. The lowest BCUT2D eigenvalue weighted by atomic mass is 9.97. The number of ether oxygens (including phenoxy) is 2. The maximum Gasteiger partial charge on any atom is 0.427 e. The van der Waals surface area contributed by atoms with Crippen LogP contribution in [0.2, 0.25) is 5.02 Å². The minimum Gasteiger partial charge on any atom is -0.484 e. The number of nitrogens with one attached hydrogen (secondary N) is 2. The Hall–Kier alpha value is -2.82. The summed E-state index contributed by atoms with van der Waals surface area (Å²) in [5.41, 5.74) is -4.42. The third-order valence-corrected chi connectivity index (χ3v) is 11.0. The van der Waals surface area contributed by atoms with Gasteiger partial charge in [-0.05, 0) is 76.9 Å². The number of amides is 1. The van der Waals surface area contributed by atoms with Gasteiger partial charge in [0.1, 0.15) is 17.7 Å². The van der Waals surface area contributed by atoms with Crippen molar-refractivity contribution in [2.75, 3.05) is 16.2 Å². The first kappa shape index (κ1) is 32.1. The van der Waals surface area contributed by atoms with E-state index in [-0.39, 0.29) is 17.1 Å². The molecule has 0 unspecified atom stereocenters. The second-order valence-corrected chi connectivity index (χ2v) is 15.2. The Kier molecular flexibility index (Phi) is 8.19. The Morgan fingerprint density at radius 3 is 2.26 bits per heavy atom. The molecule has 0 saturated heterocycles. The van der Waals surface area contributed by atoms with E-state index in [0.29, 0.717) is 26.7 Å². The van der Waals surface area contributed by atoms with E-state index in [4.69, 9.17) is 16.3 Å². The van der Waals surface area contributed by atoms with Crippen LogP contribution in [0, 0.1) is 5.82 Å². The molecule has 2 aromatic carbocycles. The van der Waals surface area contributed by atoms with Gasteiger partial charge in [-0.3, -0.25) is 9.62 Å². The zero-order valence-electron chi connectivity index (χ0n) is 22.8. The molecule has 1 amide bonds. The van der Waals surface area contributed by atoms with Crippen LogP contribution in [-0.4, -0.2) is 58.1 Å². The van der Waals surface area contributed by atoms with E-state index >= 15 is 0 Å². The normalized spacial score (nSPS) is 18.2. The summed E-state index contributed by atoms with van der Waals surface area (Å²) in [6, 6.07) is 6.38. The number of sulfonamides is 2. The highest BCUT2D eigenvalue weighted by atomic mass is 35.5. The second kappa shape index (κ2) is 10.7. The molecule has 1 aliphatic heterocycles. The van der Waals surface area contributed by atoms with E-state index < -0.39 is 77.1 Å². The molecule has 0 bridgehead atoms. The van der Waals surface area contributed by atoms with Gasteiger partial charge in [0, 0.05) is 5.69 Å². The smallest absolute Gasteiger partial charge is 0.427 e. The van der Waals surface area contributed by atoms with Crippen LogP contribution in [0.5, 0.6) is 5.75 Å². The molecule has 232 valence electrons. The number of hydrogen-bond acceptors (Lipinski definition) is 7. The predicted octanol–water partition coefficient (Wildman–Crippen LogP) is 5.19. The first-order valence-corrected chi connectivity index (χ1v) is 15.9. The Balaban J connectivity index is 1.72. The van der Waals surface area contributed by atoms with Crippen LogP contribution in [0.1, 0.15) is 40.5 Å². The zero-order chi connectivity index (χ0) is 31.5. The molecule has 42 heavy (non-hydrogen) atoms. The van der Waals surface area contributed by atoms with E-state index in [1.807, 2.05) is 0 Å². The fraction of sp³-hybridized carbons (Fsp3) is 0.480. The number of halogens is 5. The Morgan fingerprint density at radius 2 is 1.69 bits per heavy atom. The summed E-state index contributed by atoms with van der Waals surface area (Å²) >= 11 is 5.83. The topological polar surface area (TPSA) is 131 Å². The van der Waals surface area contributed by atoms with Gasteiger partial charge in [-0.1, -0.05) is 11.6 Å². The maximum atomic E-state index is 13.8. The molecular weight excluding hydrogens is 630 g/mol. The van der Waals surface area contributed by atoms with Crippen molar-refractivity contribution >= 4 is 49.1 Å². The molecule has 1 fully saturated rings. The van der Waals surface area contributed by atoms with Crippen molar-refractivity contribution < 1.29 is 48.7 Å². The Morgan fingerprint density at radius 1 is 1.05 bits per heavy atom. The van der Waals surface area contributed by atoms with Crippen molar-refractivity contribution in [3.8, 4) is 5.75 Å². The summed E-state index contributed by atoms with van der Waals surface area (Å²) in [7, 11) is -8.25. The van der Waals surface area contributed by atoms with Crippen LogP contribution in [0.25, 0.3) is 0 Å². The number of fused-ring (bicyclic) bond motifs is 1. The number of nitrogens with zero attached hydrogens (tertiary/aromatic N) is 1. The summed E-state index contributed by atoms with van der Waals surface area (Å²) in [5.74, 6) is -0.908.